The van der Waals surface area contributed by atoms with Crippen LogP contribution < -0.4 is 4.74 Å². The Balaban J connectivity index is 1.73. The first-order chi connectivity index (χ1) is 11.2. The molecule has 5 heteroatoms. The maximum Gasteiger partial charge on any atom is 0.240 e. The summed E-state index contributed by atoms with van der Waals surface area (Å²) in [5.74, 6) is 1.86. The Morgan fingerprint density at radius 2 is 1.96 bits per heavy atom. The van der Waals surface area contributed by atoms with Crippen molar-refractivity contribution >= 4 is 28.1 Å². The lowest BCUT2D eigenvalue weighted by Crippen LogP contribution is -1.87. The minimum absolute atomic E-state index is 0.473. The van der Waals surface area contributed by atoms with Crippen LogP contribution >= 0.6 is 15.9 Å². The highest BCUT2D eigenvalue weighted by atomic mass is 79.9. The Morgan fingerprint density at radius 1 is 1.09 bits per heavy atom. The zero-order chi connectivity index (χ0) is 16.1. The van der Waals surface area contributed by atoms with Crippen molar-refractivity contribution in [3.8, 4) is 5.75 Å². The van der Waals surface area contributed by atoms with Gasteiger partial charge in [0.1, 0.15) is 5.75 Å². The molecular weight excluding hydrogens is 356 g/mol. The summed E-state index contributed by atoms with van der Waals surface area (Å²) in [4.78, 5) is 0. The van der Waals surface area contributed by atoms with Crippen molar-refractivity contribution < 1.29 is 9.15 Å². The summed E-state index contributed by atoms with van der Waals surface area (Å²) in [6.45, 7) is 0. The topological polar surface area (TPSA) is 48.2 Å². The Morgan fingerprint density at radius 3 is 2.78 bits per heavy atom. The van der Waals surface area contributed by atoms with Gasteiger partial charge in [0, 0.05) is 16.1 Å². The van der Waals surface area contributed by atoms with Crippen molar-refractivity contribution in [2.24, 2.45) is 0 Å². The lowest BCUT2D eigenvalue weighted by Gasteiger charge is -2.02. The Kier molecular flexibility index (Phi) is 4.88. The average Bonchev–Trinajstić information content (AvgIpc) is 3.00. The van der Waals surface area contributed by atoms with E-state index in [0.29, 0.717) is 18.2 Å². The van der Waals surface area contributed by atoms with Crippen molar-refractivity contribution in [3.63, 3.8) is 0 Å². The van der Waals surface area contributed by atoms with E-state index in [0.717, 1.165) is 21.3 Å². The molecule has 0 aliphatic rings. The lowest BCUT2D eigenvalue weighted by molar-refractivity contribution is 0.414. The van der Waals surface area contributed by atoms with Crippen LogP contribution in [-0.4, -0.2) is 17.3 Å². The highest BCUT2D eigenvalue weighted by molar-refractivity contribution is 9.10. The molecule has 0 N–H and O–H groups in total. The molecule has 23 heavy (non-hydrogen) atoms. The monoisotopic (exact) mass is 370 g/mol. The van der Waals surface area contributed by atoms with Gasteiger partial charge in [0.05, 0.1) is 13.5 Å². The molecule has 1 heterocycles. The van der Waals surface area contributed by atoms with Gasteiger partial charge in [-0.1, -0.05) is 46.3 Å². The van der Waals surface area contributed by atoms with Gasteiger partial charge in [0.25, 0.3) is 0 Å². The van der Waals surface area contributed by atoms with Crippen LogP contribution in [0.1, 0.15) is 22.9 Å². The molecule has 0 aliphatic heterocycles. The van der Waals surface area contributed by atoms with Crippen LogP contribution in [0.15, 0.2) is 57.4 Å². The van der Waals surface area contributed by atoms with Crippen molar-refractivity contribution in [2.45, 2.75) is 6.42 Å². The number of hydrogen-bond acceptors (Lipinski definition) is 4. The molecule has 116 valence electrons. The number of para-hydroxylation sites is 1. The van der Waals surface area contributed by atoms with E-state index >= 15 is 0 Å². The molecular formula is C18H15BrN2O2. The first-order valence-electron chi connectivity index (χ1n) is 7.12. The van der Waals surface area contributed by atoms with E-state index in [1.165, 1.54) is 0 Å². The zero-order valence-electron chi connectivity index (χ0n) is 12.6. The fourth-order valence-corrected chi connectivity index (χ4v) is 2.64. The number of hydrogen-bond donors (Lipinski definition) is 0. The second-order valence-electron chi connectivity index (χ2n) is 4.92. The highest BCUT2D eigenvalue weighted by Crippen LogP contribution is 2.20. The molecule has 0 spiro atoms. The maximum atomic E-state index is 5.66. The van der Waals surface area contributed by atoms with E-state index in [1.807, 2.05) is 54.6 Å². The molecule has 0 aliphatic carbocycles. The number of aromatic nitrogens is 2. The average molecular weight is 371 g/mol. The Hall–Kier alpha value is -2.40. The fraction of sp³-hybridized carbons (Fsp3) is 0.111. The summed E-state index contributed by atoms with van der Waals surface area (Å²) in [6, 6.07) is 15.8. The van der Waals surface area contributed by atoms with Crippen LogP contribution in [0.25, 0.3) is 12.2 Å². The summed E-state index contributed by atoms with van der Waals surface area (Å²) < 4.78 is 12.0. The van der Waals surface area contributed by atoms with Gasteiger partial charge in [0.15, 0.2) is 0 Å². The summed E-state index contributed by atoms with van der Waals surface area (Å²) in [5.41, 5.74) is 2.07. The number of halogens is 1. The predicted molar refractivity (Wildman–Crippen MR) is 93.2 cm³/mol. The van der Waals surface area contributed by atoms with E-state index in [9.17, 15) is 0 Å². The number of nitrogens with zero attached hydrogens (tertiary/aromatic N) is 2. The van der Waals surface area contributed by atoms with Crippen LogP contribution in [0, 0.1) is 0 Å². The molecule has 0 bridgehead atoms. The molecule has 3 rings (SSSR count). The smallest absolute Gasteiger partial charge is 0.240 e. The molecule has 0 saturated heterocycles. The van der Waals surface area contributed by atoms with Gasteiger partial charge < -0.3 is 9.15 Å². The minimum Gasteiger partial charge on any atom is -0.496 e. The summed E-state index contributed by atoms with van der Waals surface area (Å²) in [5, 5.41) is 8.13. The molecule has 1 aromatic heterocycles. The molecule has 0 atom stereocenters. The van der Waals surface area contributed by atoms with Gasteiger partial charge in [-0.25, -0.2) is 0 Å². The van der Waals surface area contributed by atoms with Gasteiger partial charge in [-0.05, 0) is 29.8 Å². The normalized spacial score (nSPS) is 11.0. The van der Waals surface area contributed by atoms with E-state index < -0.39 is 0 Å². The number of rotatable bonds is 5. The van der Waals surface area contributed by atoms with E-state index in [4.69, 9.17) is 9.15 Å². The molecule has 4 nitrogen and oxygen atoms in total. The van der Waals surface area contributed by atoms with Crippen molar-refractivity contribution in [1.82, 2.24) is 10.2 Å². The first-order valence-corrected chi connectivity index (χ1v) is 7.92. The van der Waals surface area contributed by atoms with Crippen LogP contribution in [0.4, 0.5) is 0 Å². The van der Waals surface area contributed by atoms with Gasteiger partial charge in [-0.3, -0.25) is 0 Å². The SMILES string of the molecule is COc1ccccc1/C=C/c1nnc(Cc2cccc(Br)c2)o1. The molecule has 3 aromatic rings. The Labute approximate surface area is 142 Å². The second-order valence-corrected chi connectivity index (χ2v) is 5.83. The minimum atomic E-state index is 0.473. The van der Waals surface area contributed by atoms with Gasteiger partial charge in [-0.2, -0.15) is 0 Å². The highest BCUT2D eigenvalue weighted by Gasteiger charge is 2.05. The fourth-order valence-electron chi connectivity index (χ4n) is 2.19. The van der Waals surface area contributed by atoms with Gasteiger partial charge in [0.2, 0.25) is 11.8 Å². The number of methoxy groups -OCH3 is 1. The zero-order valence-corrected chi connectivity index (χ0v) is 14.2. The standard InChI is InChI=1S/C18H15BrN2O2/c1-22-16-8-3-2-6-14(16)9-10-17-20-21-18(23-17)12-13-5-4-7-15(19)11-13/h2-11H,12H2,1H3/b10-9+. The van der Waals surface area contributed by atoms with E-state index in [1.54, 1.807) is 13.2 Å². The van der Waals surface area contributed by atoms with Crippen LogP contribution in [0.3, 0.4) is 0 Å². The van der Waals surface area contributed by atoms with Crippen molar-refractivity contribution in [1.29, 1.82) is 0 Å². The number of benzene rings is 2. The van der Waals surface area contributed by atoms with Crippen LogP contribution in [-0.2, 0) is 6.42 Å². The summed E-state index contributed by atoms with van der Waals surface area (Å²) >= 11 is 3.46. The van der Waals surface area contributed by atoms with Crippen LogP contribution in [0.2, 0.25) is 0 Å². The molecule has 0 unspecified atom stereocenters. The lowest BCUT2D eigenvalue weighted by atomic mass is 10.1. The third kappa shape index (κ3) is 4.07. The van der Waals surface area contributed by atoms with Crippen molar-refractivity contribution in [2.75, 3.05) is 7.11 Å². The molecule has 0 amide bonds. The third-order valence-electron chi connectivity index (χ3n) is 3.27. The third-order valence-corrected chi connectivity index (χ3v) is 3.76. The molecule has 0 saturated carbocycles. The van der Waals surface area contributed by atoms with Crippen LogP contribution in [0.5, 0.6) is 5.75 Å². The van der Waals surface area contributed by atoms with E-state index in [-0.39, 0.29) is 0 Å². The number of ether oxygens (including phenoxy) is 1. The molecule has 2 aromatic carbocycles. The van der Waals surface area contributed by atoms with Gasteiger partial charge in [-0.15, -0.1) is 10.2 Å². The predicted octanol–water partition coefficient (Wildman–Crippen LogP) is 4.60. The Bertz CT molecular complexity index is 827. The maximum absolute atomic E-state index is 5.66. The molecule has 0 radical (unpaired) electrons. The van der Waals surface area contributed by atoms with Gasteiger partial charge >= 0.3 is 0 Å². The quantitative estimate of drug-likeness (QED) is 0.658. The summed E-state index contributed by atoms with van der Waals surface area (Å²) in [6.07, 6.45) is 4.29. The summed E-state index contributed by atoms with van der Waals surface area (Å²) in [7, 11) is 1.65. The van der Waals surface area contributed by atoms with E-state index in [2.05, 4.69) is 26.1 Å². The molecule has 0 fully saturated rings. The second kappa shape index (κ2) is 7.24. The largest absolute Gasteiger partial charge is 0.496 e. The first kappa shape index (κ1) is 15.5. The van der Waals surface area contributed by atoms with Crippen molar-refractivity contribution in [3.05, 3.63) is 75.9 Å².